The lowest BCUT2D eigenvalue weighted by molar-refractivity contribution is 0.0300. The Kier molecular flexibility index (Phi) is 4.38. The molecule has 2 rings (SSSR count). The Morgan fingerprint density at radius 1 is 1.20 bits per heavy atom. The zero-order valence-corrected chi connectivity index (χ0v) is 9.74. The lowest BCUT2D eigenvalue weighted by Crippen LogP contribution is -2.52. The van der Waals surface area contributed by atoms with Gasteiger partial charge in [-0.1, -0.05) is 0 Å². The number of piperazine rings is 1. The zero-order valence-electron chi connectivity index (χ0n) is 9.74. The molecule has 0 aliphatic carbocycles. The summed E-state index contributed by atoms with van der Waals surface area (Å²) in [5.74, 6) is 0. The van der Waals surface area contributed by atoms with Crippen LogP contribution in [0.5, 0.6) is 0 Å². The Labute approximate surface area is 92.6 Å². The van der Waals surface area contributed by atoms with Crippen LogP contribution < -0.4 is 5.32 Å². The van der Waals surface area contributed by atoms with Crippen LogP contribution in [0.15, 0.2) is 0 Å². The van der Waals surface area contributed by atoms with E-state index in [2.05, 4.69) is 22.0 Å². The van der Waals surface area contributed by atoms with Gasteiger partial charge in [-0.25, -0.2) is 0 Å². The number of nitrogens with zero attached hydrogens (tertiary/aromatic N) is 2. The molecule has 0 bridgehead atoms. The van der Waals surface area contributed by atoms with Gasteiger partial charge in [-0.3, -0.25) is 9.80 Å². The topological polar surface area (TPSA) is 27.7 Å². The highest BCUT2D eigenvalue weighted by atomic mass is 16.5. The Balaban J connectivity index is 1.67. The normalized spacial score (nSPS) is 30.6. The largest absolute Gasteiger partial charge is 0.379 e. The number of ether oxygens (including phenoxy) is 1. The minimum absolute atomic E-state index is 0.694. The SMILES string of the molecule is C[C@H]1CNCCN1CCN1CCOCC1. The number of morpholine rings is 1. The van der Waals surface area contributed by atoms with Gasteiger partial charge in [0.1, 0.15) is 0 Å². The standard InChI is InChI=1S/C11H23N3O/c1-11-10-12-2-3-14(11)5-4-13-6-8-15-9-7-13/h11-12H,2-10H2,1H3/t11-/m0/s1. The number of rotatable bonds is 3. The Morgan fingerprint density at radius 3 is 2.73 bits per heavy atom. The first-order valence-corrected chi connectivity index (χ1v) is 6.11. The fourth-order valence-electron chi connectivity index (χ4n) is 2.31. The number of nitrogens with one attached hydrogen (secondary N) is 1. The van der Waals surface area contributed by atoms with Crippen molar-refractivity contribution in [3.8, 4) is 0 Å². The van der Waals surface area contributed by atoms with Crippen LogP contribution in [0.4, 0.5) is 0 Å². The monoisotopic (exact) mass is 213 g/mol. The first-order chi connectivity index (χ1) is 7.36. The van der Waals surface area contributed by atoms with Gasteiger partial charge < -0.3 is 10.1 Å². The van der Waals surface area contributed by atoms with Crippen LogP contribution >= 0.6 is 0 Å². The van der Waals surface area contributed by atoms with Crippen molar-refractivity contribution < 1.29 is 4.74 Å². The van der Waals surface area contributed by atoms with Crippen LogP contribution in [0.2, 0.25) is 0 Å². The summed E-state index contributed by atoms with van der Waals surface area (Å²) in [5, 5.41) is 3.43. The molecule has 0 amide bonds. The summed E-state index contributed by atoms with van der Waals surface area (Å²) in [7, 11) is 0. The minimum Gasteiger partial charge on any atom is -0.379 e. The molecule has 4 heteroatoms. The van der Waals surface area contributed by atoms with E-state index < -0.39 is 0 Å². The number of hydrogen-bond donors (Lipinski definition) is 1. The van der Waals surface area contributed by atoms with Gasteiger partial charge in [-0.15, -0.1) is 0 Å². The Bertz CT molecular complexity index is 183. The molecule has 0 aromatic heterocycles. The van der Waals surface area contributed by atoms with E-state index >= 15 is 0 Å². The van der Waals surface area contributed by atoms with Crippen LogP contribution in [0.1, 0.15) is 6.92 Å². The molecular formula is C11H23N3O. The molecule has 2 saturated heterocycles. The maximum absolute atomic E-state index is 5.35. The van der Waals surface area contributed by atoms with E-state index in [9.17, 15) is 0 Å². The molecule has 1 atom stereocenters. The molecular weight excluding hydrogens is 190 g/mol. The predicted molar refractivity (Wildman–Crippen MR) is 61.2 cm³/mol. The molecule has 0 radical (unpaired) electrons. The van der Waals surface area contributed by atoms with Crippen molar-refractivity contribution >= 4 is 0 Å². The molecule has 2 fully saturated rings. The first-order valence-electron chi connectivity index (χ1n) is 6.11. The Hall–Kier alpha value is -0.160. The summed E-state index contributed by atoms with van der Waals surface area (Å²) in [4.78, 5) is 5.10. The summed E-state index contributed by atoms with van der Waals surface area (Å²) in [6.45, 7) is 12.3. The van der Waals surface area contributed by atoms with Crippen LogP contribution in [0.25, 0.3) is 0 Å². The molecule has 4 nitrogen and oxygen atoms in total. The summed E-state index contributed by atoms with van der Waals surface area (Å²) in [6, 6.07) is 0.694. The van der Waals surface area contributed by atoms with E-state index in [1.807, 2.05) is 0 Å². The third-order valence-electron chi connectivity index (χ3n) is 3.45. The average molecular weight is 213 g/mol. The van der Waals surface area contributed by atoms with E-state index in [4.69, 9.17) is 4.74 Å². The summed E-state index contributed by atoms with van der Waals surface area (Å²) >= 11 is 0. The lowest BCUT2D eigenvalue weighted by atomic mass is 10.2. The molecule has 2 aliphatic heterocycles. The van der Waals surface area contributed by atoms with Gasteiger partial charge >= 0.3 is 0 Å². The molecule has 1 N–H and O–H groups in total. The van der Waals surface area contributed by atoms with Gasteiger partial charge in [0.2, 0.25) is 0 Å². The van der Waals surface area contributed by atoms with Crippen LogP contribution in [0, 0.1) is 0 Å². The molecule has 88 valence electrons. The van der Waals surface area contributed by atoms with E-state index in [-0.39, 0.29) is 0 Å². The second kappa shape index (κ2) is 5.80. The maximum atomic E-state index is 5.35. The quantitative estimate of drug-likeness (QED) is 0.691. The molecule has 2 aliphatic rings. The van der Waals surface area contributed by atoms with Crippen molar-refractivity contribution in [2.45, 2.75) is 13.0 Å². The molecule has 0 aromatic rings. The summed E-state index contributed by atoms with van der Waals surface area (Å²) < 4.78 is 5.35. The highest BCUT2D eigenvalue weighted by molar-refractivity contribution is 4.77. The van der Waals surface area contributed by atoms with Gasteiger partial charge in [0.25, 0.3) is 0 Å². The molecule has 2 heterocycles. The third-order valence-corrected chi connectivity index (χ3v) is 3.45. The van der Waals surface area contributed by atoms with Gasteiger partial charge in [-0.2, -0.15) is 0 Å². The average Bonchev–Trinajstić information content (AvgIpc) is 2.29. The van der Waals surface area contributed by atoms with E-state index in [0.29, 0.717) is 6.04 Å². The maximum Gasteiger partial charge on any atom is 0.0594 e. The summed E-state index contributed by atoms with van der Waals surface area (Å²) in [5.41, 5.74) is 0. The highest BCUT2D eigenvalue weighted by Crippen LogP contribution is 2.03. The fraction of sp³-hybridized carbons (Fsp3) is 1.00. The fourth-order valence-corrected chi connectivity index (χ4v) is 2.31. The van der Waals surface area contributed by atoms with Crippen molar-refractivity contribution in [2.24, 2.45) is 0 Å². The molecule has 0 unspecified atom stereocenters. The zero-order chi connectivity index (χ0) is 10.5. The smallest absolute Gasteiger partial charge is 0.0594 e. The van der Waals surface area contributed by atoms with Gasteiger partial charge in [-0.05, 0) is 6.92 Å². The first kappa shape index (κ1) is 11.3. The third kappa shape index (κ3) is 3.41. The second-order valence-electron chi connectivity index (χ2n) is 4.54. The van der Waals surface area contributed by atoms with Crippen molar-refractivity contribution in [1.82, 2.24) is 15.1 Å². The van der Waals surface area contributed by atoms with Gasteiger partial charge in [0.15, 0.2) is 0 Å². The van der Waals surface area contributed by atoms with Crippen molar-refractivity contribution in [3.63, 3.8) is 0 Å². The minimum atomic E-state index is 0.694. The van der Waals surface area contributed by atoms with Gasteiger partial charge in [0.05, 0.1) is 13.2 Å². The number of hydrogen-bond acceptors (Lipinski definition) is 4. The summed E-state index contributed by atoms with van der Waals surface area (Å²) in [6.07, 6.45) is 0. The van der Waals surface area contributed by atoms with Crippen LogP contribution in [-0.2, 0) is 4.74 Å². The van der Waals surface area contributed by atoms with Crippen LogP contribution in [0.3, 0.4) is 0 Å². The van der Waals surface area contributed by atoms with Crippen molar-refractivity contribution in [1.29, 1.82) is 0 Å². The molecule has 0 spiro atoms. The molecule has 15 heavy (non-hydrogen) atoms. The van der Waals surface area contributed by atoms with Crippen molar-refractivity contribution in [2.75, 3.05) is 59.0 Å². The van der Waals surface area contributed by atoms with Crippen molar-refractivity contribution in [3.05, 3.63) is 0 Å². The molecule has 0 saturated carbocycles. The Morgan fingerprint density at radius 2 is 2.00 bits per heavy atom. The van der Waals surface area contributed by atoms with Crippen LogP contribution in [-0.4, -0.2) is 74.9 Å². The van der Waals surface area contributed by atoms with E-state index in [1.54, 1.807) is 0 Å². The predicted octanol–water partition coefficient (Wildman–Crippen LogP) is -0.388. The lowest BCUT2D eigenvalue weighted by Gasteiger charge is -2.36. The molecule has 0 aromatic carbocycles. The highest BCUT2D eigenvalue weighted by Gasteiger charge is 2.18. The van der Waals surface area contributed by atoms with E-state index in [0.717, 1.165) is 39.4 Å². The van der Waals surface area contributed by atoms with E-state index in [1.165, 1.54) is 19.6 Å². The second-order valence-corrected chi connectivity index (χ2v) is 4.54. The van der Waals surface area contributed by atoms with Gasteiger partial charge in [0, 0.05) is 51.9 Å².